The Labute approximate surface area is 151 Å². The summed E-state index contributed by atoms with van der Waals surface area (Å²) >= 11 is 5.29. The van der Waals surface area contributed by atoms with Gasteiger partial charge in [-0.3, -0.25) is 19.7 Å². The molecule has 0 saturated carbocycles. The van der Waals surface area contributed by atoms with Gasteiger partial charge in [-0.05, 0) is 38.2 Å². The molecule has 2 rings (SSSR count). The van der Waals surface area contributed by atoms with Crippen LogP contribution in [0.4, 0.5) is 0 Å². The molecule has 1 aliphatic rings. The van der Waals surface area contributed by atoms with Crippen LogP contribution in [0.15, 0.2) is 24.3 Å². The lowest BCUT2D eigenvalue weighted by molar-refractivity contribution is -0.147. The highest BCUT2D eigenvalue weighted by atomic mass is 32.1. The number of esters is 1. The first-order valence-corrected chi connectivity index (χ1v) is 8.45. The van der Waals surface area contributed by atoms with E-state index in [2.05, 4.69) is 10.6 Å². The van der Waals surface area contributed by atoms with Crippen molar-refractivity contribution in [1.82, 2.24) is 15.5 Å². The van der Waals surface area contributed by atoms with Gasteiger partial charge in [0.15, 0.2) is 5.11 Å². The smallest absolute Gasteiger partial charge is 0.308 e. The number of thiocarbonyl (C=S) groups is 1. The molecule has 1 fully saturated rings. The van der Waals surface area contributed by atoms with E-state index in [9.17, 15) is 14.4 Å². The van der Waals surface area contributed by atoms with Gasteiger partial charge in [-0.2, -0.15) is 0 Å². The van der Waals surface area contributed by atoms with Crippen LogP contribution in [0.3, 0.4) is 0 Å². The zero-order chi connectivity index (χ0) is 18.4. The van der Waals surface area contributed by atoms with Gasteiger partial charge in [0.2, 0.25) is 5.91 Å². The third-order valence-electron chi connectivity index (χ3n) is 3.79. The molecule has 1 saturated heterocycles. The van der Waals surface area contributed by atoms with Gasteiger partial charge in [-0.1, -0.05) is 17.7 Å². The highest BCUT2D eigenvalue weighted by molar-refractivity contribution is 7.80. The quantitative estimate of drug-likeness (QED) is 0.607. The van der Waals surface area contributed by atoms with Crippen molar-refractivity contribution in [2.24, 2.45) is 0 Å². The molecule has 1 heterocycles. The number of carbonyl (C=O) groups excluding carboxylic acids is 3. The molecule has 0 bridgehead atoms. The molecule has 134 valence electrons. The van der Waals surface area contributed by atoms with Gasteiger partial charge < -0.3 is 15.0 Å². The maximum absolute atomic E-state index is 12.3. The second kappa shape index (κ2) is 8.57. The molecule has 0 radical (unpaired) electrons. The third kappa shape index (κ3) is 4.99. The van der Waals surface area contributed by atoms with E-state index < -0.39 is 12.0 Å². The fourth-order valence-corrected chi connectivity index (χ4v) is 2.80. The van der Waals surface area contributed by atoms with Crippen molar-refractivity contribution in [2.45, 2.75) is 26.3 Å². The summed E-state index contributed by atoms with van der Waals surface area (Å²) in [5.74, 6) is -1.15. The fraction of sp³-hybridized carbons (Fsp3) is 0.412. The minimum atomic E-state index is -0.793. The van der Waals surface area contributed by atoms with Gasteiger partial charge in [0.1, 0.15) is 6.04 Å². The summed E-state index contributed by atoms with van der Waals surface area (Å²) in [4.78, 5) is 37.7. The number of benzene rings is 1. The number of nitrogens with one attached hydrogen (secondary N) is 2. The monoisotopic (exact) mass is 363 g/mol. The summed E-state index contributed by atoms with van der Waals surface area (Å²) < 4.78 is 4.91. The van der Waals surface area contributed by atoms with Crippen molar-refractivity contribution in [3.63, 3.8) is 0 Å². The van der Waals surface area contributed by atoms with Gasteiger partial charge >= 0.3 is 5.97 Å². The Morgan fingerprint density at radius 1 is 1.36 bits per heavy atom. The number of amides is 2. The summed E-state index contributed by atoms with van der Waals surface area (Å²) in [6.45, 7) is 4.66. The molecule has 0 spiro atoms. The molecule has 8 heteroatoms. The third-order valence-corrected chi connectivity index (χ3v) is 4.13. The van der Waals surface area contributed by atoms with E-state index in [1.54, 1.807) is 24.0 Å². The predicted octanol–water partition coefficient (Wildman–Crippen LogP) is 0.763. The van der Waals surface area contributed by atoms with Crippen LogP contribution in [-0.4, -0.2) is 53.5 Å². The van der Waals surface area contributed by atoms with Gasteiger partial charge in [-0.15, -0.1) is 0 Å². The summed E-state index contributed by atoms with van der Waals surface area (Å²) in [5.41, 5.74) is 1.51. The van der Waals surface area contributed by atoms with Crippen LogP contribution < -0.4 is 10.6 Å². The first-order valence-electron chi connectivity index (χ1n) is 8.04. The summed E-state index contributed by atoms with van der Waals surface area (Å²) in [6.07, 6.45) is -0.125. The number of rotatable bonds is 4. The summed E-state index contributed by atoms with van der Waals surface area (Å²) in [5, 5.41) is 5.44. The molecule has 0 aromatic heterocycles. The van der Waals surface area contributed by atoms with Gasteiger partial charge in [0.05, 0.1) is 13.0 Å². The number of nitrogens with zero attached hydrogens (tertiary/aromatic N) is 1. The van der Waals surface area contributed by atoms with E-state index in [1.807, 2.05) is 19.1 Å². The number of piperazine rings is 1. The highest BCUT2D eigenvalue weighted by Gasteiger charge is 2.34. The Kier molecular flexibility index (Phi) is 6.46. The predicted molar refractivity (Wildman–Crippen MR) is 96.0 cm³/mol. The van der Waals surface area contributed by atoms with E-state index in [0.29, 0.717) is 18.7 Å². The lowest BCUT2D eigenvalue weighted by atomic mass is 10.1. The number of carbonyl (C=O) groups is 3. The average Bonchev–Trinajstić information content (AvgIpc) is 2.57. The molecule has 7 nitrogen and oxygen atoms in total. The average molecular weight is 363 g/mol. The molecule has 2 amide bonds. The molecule has 0 aliphatic carbocycles. The van der Waals surface area contributed by atoms with Crippen LogP contribution in [-0.2, 0) is 14.3 Å². The molecule has 25 heavy (non-hydrogen) atoms. The highest BCUT2D eigenvalue weighted by Crippen LogP contribution is 2.11. The molecular formula is C17H21N3O4S. The van der Waals surface area contributed by atoms with Gasteiger partial charge in [-0.25, -0.2) is 0 Å². The van der Waals surface area contributed by atoms with Crippen LogP contribution in [0.25, 0.3) is 0 Å². The van der Waals surface area contributed by atoms with E-state index in [-0.39, 0.29) is 30.0 Å². The standard InChI is InChI=1S/C17H21N3O4S/c1-3-24-14(21)10-13-16(23)18-8-9-20(13)17(25)19-15(22)12-6-4-11(2)5-7-12/h4-7,13H,3,8-10H2,1-2H3,(H,18,23)(H,19,22,25). The van der Waals surface area contributed by atoms with Crippen LogP contribution in [0, 0.1) is 6.92 Å². The number of hydrogen-bond acceptors (Lipinski definition) is 5. The molecular weight excluding hydrogens is 342 g/mol. The Morgan fingerprint density at radius 3 is 2.68 bits per heavy atom. The minimum Gasteiger partial charge on any atom is -0.466 e. The topological polar surface area (TPSA) is 87.7 Å². The number of hydrogen-bond donors (Lipinski definition) is 2. The Balaban J connectivity index is 2.06. The van der Waals surface area contributed by atoms with Crippen LogP contribution in [0.1, 0.15) is 29.3 Å². The normalized spacial score (nSPS) is 16.8. The van der Waals surface area contributed by atoms with E-state index in [0.717, 1.165) is 5.56 Å². The first-order chi connectivity index (χ1) is 11.9. The minimum absolute atomic E-state index is 0.120. The Bertz CT molecular complexity index is 675. The second-order valence-corrected chi connectivity index (χ2v) is 6.02. The summed E-state index contributed by atoms with van der Waals surface area (Å²) in [7, 11) is 0. The molecule has 1 atom stereocenters. The second-order valence-electron chi connectivity index (χ2n) is 5.63. The number of ether oxygens (including phenoxy) is 1. The van der Waals surface area contributed by atoms with Crippen molar-refractivity contribution in [3.8, 4) is 0 Å². The zero-order valence-corrected chi connectivity index (χ0v) is 15.0. The van der Waals surface area contributed by atoms with Crippen molar-refractivity contribution in [2.75, 3.05) is 19.7 Å². The Morgan fingerprint density at radius 2 is 2.04 bits per heavy atom. The SMILES string of the molecule is CCOC(=O)CC1C(=O)NCCN1C(=S)NC(=O)c1ccc(C)cc1. The van der Waals surface area contributed by atoms with Crippen molar-refractivity contribution >= 4 is 35.1 Å². The van der Waals surface area contributed by atoms with Crippen molar-refractivity contribution in [3.05, 3.63) is 35.4 Å². The summed E-state index contributed by atoms with van der Waals surface area (Å²) in [6, 6.07) is 6.27. The van der Waals surface area contributed by atoms with E-state index in [1.165, 1.54) is 0 Å². The zero-order valence-electron chi connectivity index (χ0n) is 14.2. The molecule has 1 aliphatic heterocycles. The maximum Gasteiger partial charge on any atom is 0.308 e. The van der Waals surface area contributed by atoms with Crippen LogP contribution in [0.5, 0.6) is 0 Å². The molecule has 1 aromatic carbocycles. The van der Waals surface area contributed by atoms with Gasteiger partial charge in [0, 0.05) is 18.7 Å². The fourth-order valence-electron chi connectivity index (χ4n) is 2.48. The van der Waals surface area contributed by atoms with Crippen LogP contribution in [0.2, 0.25) is 0 Å². The van der Waals surface area contributed by atoms with Crippen molar-refractivity contribution in [1.29, 1.82) is 0 Å². The van der Waals surface area contributed by atoms with Crippen LogP contribution >= 0.6 is 12.2 Å². The lowest BCUT2D eigenvalue weighted by Crippen LogP contribution is -2.60. The number of aryl methyl sites for hydroxylation is 1. The van der Waals surface area contributed by atoms with Gasteiger partial charge in [0.25, 0.3) is 5.91 Å². The lowest BCUT2D eigenvalue weighted by Gasteiger charge is -2.36. The van der Waals surface area contributed by atoms with E-state index in [4.69, 9.17) is 17.0 Å². The maximum atomic E-state index is 12.3. The largest absolute Gasteiger partial charge is 0.466 e. The molecule has 1 unspecified atom stereocenters. The Hall–Kier alpha value is -2.48. The molecule has 2 N–H and O–H groups in total. The molecule has 1 aromatic rings. The first kappa shape index (κ1) is 18.9. The van der Waals surface area contributed by atoms with Crippen molar-refractivity contribution < 1.29 is 19.1 Å². The van der Waals surface area contributed by atoms with E-state index >= 15 is 0 Å².